The van der Waals surface area contributed by atoms with Gasteiger partial charge in [0.15, 0.2) is 0 Å². The van der Waals surface area contributed by atoms with Crippen molar-refractivity contribution >= 4 is 11.7 Å². The normalized spacial score (nSPS) is 24.0. The molecule has 2 fully saturated rings. The van der Waals surface area contributed by atoms with E-state index in [-0.39, 0.29) is 35.7 Å². The van der Waals surface area contributed by atoms with Crippen molar-refractivity contribution in [3.63, 3.8) is 0 Å². The molecule has 3 aromatic heterocycles. The summed E-state index contributed by atoms with van der Waals surface area (Å²) in [5, 5.41) is 23.9. The molecule has 1 amide bonds. The Morgan fingerprint density at radius 2 is 1.91 bits per heavy atom. The van der Waals surface area contributed by atoms with Gasteiger partial charge in [0, 0.05) is 51.4 Å². The zero-order valence-electron chi connectivity index (χ0n) is 24.0. The smallest absolute Gasteiger partial charge is 0.378 e. The number of aliphatic hydroxyl groups excluding tert-OH is 1. The molecule has 1 saturated carbocycles. The van der Waals surface area contributed by atoms with E-state index in [9.17, 15) is 40.6 Å². The molecular formula is C27H33F7N8O2. The fraction of sp³-hybridized carbons (Fsp3) is 0.667. The Hall–Kier alpha value is -3.34. The minimum atomic E-state index is -4.55. The van der Waals surface area contributed by atoms with Gasteiger partial charge in [-0.3, -0.25) is 14.8 Å². The Morgan fingerprint density at radius 1 is 1.20 bits per heavy atom. The number of aromatic nitrogens is 6. The van der Waals surface area contributed by atoms with Gasteiger partial charge in [-0.1, -0.05) is 0 Å². The Bertz CT molecular complexity index is 1470. The predicted molar refractivity (Wildman–Crippen MR) is 141 cm³/mol. The highest BCUT2D eigenvalue weighted by Crippen LogP contribution is 2.42. The van der Waals surface area contributed by atoms with Crippen LogP contribution in [0.5, 0.6) is 0 Å². The number of halogens is 7. The fourth-order valence-electron chi connectivity index (χ4n) is 6.03. The van der Waals surface area contributed by atoms with Crippen molar-refractivity contribution in [1.82, 2.24) is 40.0 Å². The highest BCUT2D eigenvalue weighted by molar-refractivity contribution is 5.92. The van der Waals surface area contributed by atoms with Gasteiger partial charge in [-0.15, -0.1) is 0 Å². The summed E-state index contributed by atoms with van der Waals surface area (Å²) in [6.07, 6.45) is -4.81. The van der Waals surface area contributed by atoms with Crippen LogP contribution in [0.1, 0.15) is 79.6 Å². The number of aryl methyl sites for hydroxylation is 1. The molecule has 0 spiro atoms. The lowest BCUT2D eigenvalue weighted by Gasteiger charge is -2.35. The molecule has 1 unspecified atom stereocenters. The van der Waals surface area contributed by atoms with Crippen molar-refractivity contribution in [3.05, 3.63) is 41.2 Å². The van der Waals surface area contributed by atoms with Crippen molar-refractivity contribution in [3.8, 4) is 0 Å². The van der Waals surface area contributed by atoms with Gasteiger partial charge in [0.05, 0.1) is 29.5 Å². The van der Waals surface area contributed by atoms with Gasteiger partial charge in [0.2, 0.25) is 5.92 Å². The number of carbonyl (C=O) groups is 1. The largest absolute Gasteiger partial charge is 0.393 e. The Morgan fingerprint density at radius 3 is 2.55 bits per heavy atom. The van der Waals surface area contributed by atoms with Gasteiger partial charge < -0.3 is 10.4 Å². The van der Waals surface area contributed by atoms with Crippen LogP contribution in [-0.2, 0) is 18.9 Å². The average molecular weight is 635 g/mol. The van der Waals surface area contributed by atoms with Gasteiger partial charge >= 0.3 is 6.18 Å². The first-order valence-electron chi connectivity index (χ1n) is 14.4. The van der Waals surface area contributed by atoms with Crippen molar-refractivity contribution < 1.29 is 40.6 Å². The first kappa shape index (κ1) is 32.1. The molecule has 3 aromatic rings. The van der Waals surface area contributed by atoms with E-state index in [2.05, 4.69) is 30.8 Å². The number of nitrogens with zero attached hydrogens (tertiary/aromatic N) is 6. The molecule has 1 saturated heterocycles. The minimum absolute atomic E-state index is 0.0518. The summed E-state index contributed by atoms with van der Waals surface area (Å²) >= 11 is 0. The summed E-state index contributed by atoms with van der Waals surface area (Å²) in [5.74, 6) is -10.6. The SMILES string of the molecule is CCn1nccc1C(=O)N[C@H](c1cn2nc(C[C@H]3C[C@@H](C(F)(F)F)CNC3O)c(C(C)(F)F)nc2n1)C1CCC(F)(F)CC1. The van der Waals surface area contributed by atoms with Crippen LogP contribution in [0.15, 0.2) is 18.5 Å². The second kappa shape index (κ2) is 11.9. The molecule has 242 valence electrons. The maximum absolute atomic E-state index is 14.8. The predicted octanol–water partition coefficient (Wildman–Crippen LogP) is 4.40. The van der Waals surface area contributed by atoms with E-state index in [1.165, 1.54) is 23.1 Å². The third kappa shape index (κ3) is 6.82. The summed E-state index contributed by atoms with van der Waals surface area (Å²) in [7, 11) is 0. The molecule has 1 aliphatic carbocycles. The number of alkyl halides is 7. The number of hydrogen-bond acceptors (Lipinski definition) is 7. The third-order valence-corrected chi connectivity index (χ3v) is 8.43. The Balaban J connectivity index is 1.50. The second-order valence-corrected chi connectivity index (χ2v) is 11.7. The lowest BCUT2D eigenvalue weighted by atomic mass is 9.81. The van der Waals surface area contributed by atoms with Crippen LogP contribution in [-0.4, -0.2) is 65.2 Å². The van der Waals surface area contributed by atoms with Crippen molar-refractivity contribution in [1.29, 1.82) is 0 Å². The van der Waals surface area contributed by atoms with Crippen LogP contribution in [0.3, 0.4) is 0 Å². The molecule has 17 heteroatoms. The molecule has 0 radical (unpaired) electrons. The van der Waals surface area contributed by atoms with E-state index in [0.29, 0.717) is 13.5 Å². The first-order valence-corrected chi connectivity index (χ1v) is 14.4. The number of hydrogen-bond donors (Lipinski definition) is 3. The topological polar surface area (TPSA) is 122 Å². The van der Waals surface area contributed by atoms with Gasteiger partial charge in [0.25, 0.3) is 17.6 Å². The van der Waals surface area contributed by atoms with Crippen LogP contribution >= 0.6 is 0 Å². The van der Waals surface area contributed by atoms with E-state index in [1.54, 1.807) is 6.92 Å². The number of nitrogens with one attached hydrogen (secondary N) is 2. The lowest BCUT2D eigenvalue weighted by molar-refractivity contribution is -0.190. The Labute approximate surface area is 247 Å². The van der Waals surface area contributed by atoms with E-state index in [1.807, 2.05) is 0 Å². The van der Waals surface area contributed by atoms with Crippen LogP contribution < -0.4 is 10.6 Å². The molecule has 0 bridgehead atoms. The molecule has 4 heterocycles. The number of aliphatic hydroxyl groups is 1. The molecule has 44 heavy (non-hydrogen) atoms. The standard InChI is InChI=1S/C27H33F7N8O2/c1-3-41-19(6-9-36-41)23(44)38-20(14-4-7-26(30,31)8-5-14)18-13-42-24(37-18)39-21(25(2,28)29)17(40-42)11-15-10-16(27(32,33)34)12-35-22(15)43/h6,9,13-16,20,22,35,43H,3-5,7-8,10-12H2,1-2H3,(H,38,44)/t15-,16-,20+,22?/m1/s1. The molecule has 1 aliphatic heterocycles. The quantitative estimate of drug-likeness (QED) is 0.314. The number of imidazole rings is 1. The number of carbonyl (C=O) groups excluding carboxylic acids is 1. The van der Waals surface area contributed by atoms with Crippen molar-refractivity contribution in [2.45, 2.75) is 89.2 Å². The molecule has 0 aromatic carbocycles. The highest BCUT2D eigenvalue weighted by Gasteiger charge is 2.45. The zero-order chi connectivity index (χ0) is 32.0. The number of piperidine rings is 1. The molecule has 10 nitrogen and oxygen atoms in total. The molecule has 5 rings (SSSR count). The first-order chi connectivity index (χ1) is 20.6. The molecular weight excluding hydrogens is 601 g/mol. The fourth-order valence-corrected chi connectivity index (χ4v) is 6.03. The summed E-state index contributed by atoms with van der Waals surface area (Å²) in [6, 6.07) is 0.588. The van der Waals surface area contributed by atoms with Crippen LogP contribution in [0.25, 0.3) is 5.78 Å². The van der Waals surface area contributed by atoms with Crippen LogP contribution in [0, 0.1) is 17.8 Å². The average Bonchev–Trinajstić information content (AvgIpc) is 3.58. The van der Waals surface area contributed by atoms with Crippen LogP contribution in [0.2, 0.25) is 0 Å². The molecule has 2 aliphatic rings. The third-order valence-electron chi connectivity index (χ3n) is 8.43. The summed E-state index contributed by atoms with van der Waals surface area (Å²) < 4.78 is 100. The van der Waals surface area contributed by atoms with Crippen molar-refractivity contribution in [2.24, 2.45) is 17.8 Å². The summed E-state index contributed by atoms with van der Waals surface area (Å²) in [4.78, 5) is 21.6. The monoisotopic (exact) mass is 634 g/mol. The summed E-state index contributed by atoms with van der Waals surface area (Å²) in [5.41, 5.74) is -0.763. The van der Waals surface area contributed by atoms with Crippen LogP contribution in [0.4, 0.5) is 30.7 Å². The number of fused-ring (bicyclic) bond motifs is 1. The lowest BCUT2D eigenvalue weighted by Crippen LogP contribution is -2.50. The maximum atomic E-state index is 14.8. The minimum Gasteiger partial charge on any atom is -0.378 e. The number of rotatable bonds is 8. The van der Waals surface area contributed by atoms with E-state index >= 15 is 0 Å². The van der Waals surface area contributed by atoms with Crippen molar-refractivity contribution in [2.75, 3.05) is 6.54 Å². The van der Waals surface area contributed by atoms with Gasteiger partial charge in [0.1, 0.15) is 17.6 Å². The maximum Gasteiger partial charge on any atom is 0.393 e. The summed E-state index contributed by atoms with van der Waals surface area (Å²) in [6.45, 7) is 2.24. The van der Waals surface area contributed by atoms with E-state index < -0.39 is 91.9 Å². The van der Waals surface area contributed by atoms with E-state index in [0.717, 1.165) is 4.52 Å². The molecule has 3 N–H and O–H groups in total. The van der Waals surface area contributed by atoms with E-state index in [4.69, 9.17) is 0 Å². The van der Waals surface area contributed by atoms with Gasteiger partial charge in [-0.2, -0.15) is 32.1 Å². The zero-order valence-corrected chi connectivity index (χ0v) is 24.0. The van der Waals surface area contributed by atoms with Gasteiger partial charge in [-0.05, 0) is 38.2 Å². The molecule has 4 atom stereocenters. The number of amides is 1. The Kier molecular flexibility index (Phi) is 8.65. The second-order valence-electron chi connectivity index (χ2n) is 11.7. The highest BCUT2D eigenvalue weighted by atomic mass is 19.4. The van der Waals surface area contributed by atoms with Gasteiger partial charge in [-0.25, -0.2) is 23.3 Å².